The molecule has 0 saturated carbocycles. The van der Waals surface area contributed by atoms with Crippen LogP contribution in [0, 0.1) is 0 Å². The second-order valence-electron chi connectivity index (χ2n) is 3.89. The van der Waals surface area contributed by atoms with Gasteiger partial charge < -0.3 is 15.7 Å². The van der Waals surface area contributed by atoms with Gasteiger partial charge in [0.25, 0.3) is 0 Å². The summed E-state index contributed by atoms with van der Waals surface area (Å²) in [7, 11) is 0. The van der Waals surface area contributed by atoms with Gasteiger partial charge in [-0.15, -0.1) is 11.3 Å². The summed E-state index contributed by atoms with van der Waals surface area (Å²) in [6, 6.07) is -0.334. The number of thiazole rings is 1. The fourth-order valence-electron chi connectivity index (χ4n) is 1.77. The second kappa shape index (κ2) is 4.92. The van der Waals surface area contributed by atoms with E-state index in [4.69, 9.17) is 10.8 Å². The third-order valence-electron chi connectivity index (χ3n) is 2.71. The number of aromatic nitrogens is 1. The molecule has 2 heterocycles. The first kappa shape index (κ1) is 10.9. The van der Waals surface area contributed by atoms with Crippen LogP contribution >= 0.6 is 11.3 Å². The van der Waals surface area contributed by atoms with E-state index in [9.17, 15) is 0 Å². The molecule has 2 rings (SSSR count). The zero-order valence-corrected chi connectivity index (χ0v) is 9.54. The summed E-state index contributed by atoms with van der Waals surface area (Å²) in [5.41, 5.74) is 6.52. The topological polar surface area (TPSA) is 62.4 Å². The molecule has 1 atom stereocenters. The summed E-state index contributed by atoms with van der Waals surface area (Å²) in [6.45, 7) is 2.16. The van der Waals surface area contributed by atoms with Crippen molar-refractivity contribution in [3.63, 3.8) is 0 Å². The number of hydrogen-bond donors (Lipinski definition) is 2. The molecule has 1 saturated heterocycles. The van der Waals surface area contributed by atoms with E-state index in [1.807, 2.05) is 5.38 Å². The van der Waals surface area contributed by atoms with Gasteiger partial charge in [0.2, 0.25) is 0 Å². The molecule has 1 aliphatic rings. The number of piperidine rings is 1. The van der Waals surface area contributed by atoms with E-state index >= 15 is 0 Å². The highest BCUT2D eigenvalue weighted by molar-refractivity contribution is 7.13. The van der Waals surface area contributed by atoms with E-state index in [0.29, 0.717) is 0 Å². The zero-order valence-electron chi connectivity index (χ0n) is 8.72. The maximum atomic E-state index is 8.93. The van der Waals surface area contributed by atoms with Crippen LogP contribution in [-0.2, 0) is 0 Å². The third kappa shape index (κ3) is 2.48. The number of rotatable bonds is 3. The molecular weight excluding hydrogens is 210 g/mol. The lowest BCUT2D eigenvalue weighted by atomic mass is 10.1. The van der Waals surface area contributed by atoms with Gasteiger partial charge in [-0.05, 0) is 19.3 Å². The van der Waals surface area contributed by atoms with Gasteiger partial charge in [0.05, 0.1) is 18.3 Å². The summed E-state index contributed by atoms with van der Waals surface area (Å²) in [6.07, 6.45) is 3.83. The quantitative estimate of drug-likeness (QED) is 0.812. The molecule has 15 heavy (non-hydrogen) atoms. The Bertz CT molecular complexity index is 309. The first-order valence-electron chi connectivity index (χ1n) is 5.38. The zero-order chi connectivity index (χ0) is 10.7. The van der Waals surface area contributed by atoms with E-state index in [2.05, 4.69) is 9.88 Å². The van der Waals surface area contributed by atoms with E-state index in [1.165, 1.54) is 19.3 Å². The van der Waals surface area contributed by atoms with Crippen LogP contribution in [0.25, 0.3) is 0 Å². The van der Waals surface area contributed by atoms with Crippen molar-refractivity contribution in [2.75, 3.05) is 24.6 Å². The van der Waals surface area contributed by atoms with Gasteiger partial charge in [0.1, 0.15) is 0 Å². The number of aliphatic hydroxyl groups is 1. The molecule has 4 nitrogen and oxygen atoms in total. The molecule has 0 amide bonds. The number of nitrogens with zero attached hydrogens (tertiary/aromatic N) is 2. The minimum atomic E-state index is -0.334. The first-order valence-corrected chi connectivity index (χ1v) is 6.26. The Labute approximate surface area is 93.7 Å². The number of anilines is 1. The molecule has 0 aliphatic carbocycles. The monoisotopic (exact) mass is 227 g/mol. The minimum Gasteiger partial charge on any atom is -0.394 e. The average Bonchev–Trinajstić information content (AvgIpc) is 2.78. The van der Waals surface area contributed by atoms with E-state index in [-0.39, 0.29) is 12.6 Å². The largest absolute Gasteiger partial charge is 0.394 e. The second-order valence-corrected chi connectivity index (χ2v) is 4.73. The van der Waals surface area contributed by atoms with Crippen LogP contribution in [-0.4, -0.2) is 29.8 Å². The van der Waals surface area contributed by atoms with Crippen LogP contribution in [0.15, 0.2) is 5.38 Å². The van der Waals surface area contributed by atoms with Crippen molar-refractivity contribution in [3.8, 4) is 0 Å². The van der Waals surface area contributed by atoms with E-state index in [1.54, 1.807) is 11.3 Å². The van der Waals surface area contributed by atoms with Crippen molar-refractivity contribution >= 4 is 16.5 Å². The Balaban J connectivity index is 2.05. The Morgan fingerprint density at radius 1 is 1.47 bits per heavy atom. The number of aliphatic hydroxyl groups excluding tert-OH is 1. The van der Waals surface area contributed by atoms with Crippen molar-refractivity contribution in [2.24, 2.45) is 5.73 Å². The van der Waals surface area contributed by atoms with Crippen molar-refractivity contribution in [1.82, 2.24) is 4.98 Å². The van der Waals surface area contributed by atoms with Gasteiger partial charge in [0, 0.05) is 18.5 Å². The first-order chi connectivity index (χ1) is 7.31. The lowest BCUT2D eigenvalue weighted by Crippen LogP contribution is -2.29. The summed E-state index contributed by atoms with van der Waals surface area (Å²) >= 11 is 1.62. The van der Waals surface area contributed by atoms with Crippen LogP contribution < -0.4 is 10.6 Å². The Kier molecular flexibility index (Phi) is 3.56. The number of hydrogen-bond acceptors (Lipinski definition) is 5. The molecule has 5 heteroatoms. The van der Waals surface area contributed by atoms with Gasteiger partial charge in [-0.25, -0.2) is 4.98 Å². The van der Waals surface area contributed by atoms with Crippen LogP contribution in [0.5, 0.6) is 0 Å². The van der Waals surface area contributed by atoms with Crippen LogP contribution in [0.2, 0.25) is 0 Å². The smallest absolute Gasteiger partial charge is 0.185 e. The van der Waals surface area contributed by atoms with Gasteiger partial charge in [0.15, 0.2) is 5.13 Å². The van der Waals surface area contributed by atoms with Crippen LogP contribution in [0.1, 0.15) is 31.0 Å². The SMILES string of the molecule is NC(CO)c1csc(N2CCCCC2)n1. The molecule has 1 aliphatic heterocycles. The highest BCUT2D eigenvalue weighted by Crippen LogP contribution is 2.25. The molecule has 0 bridgehead atoms. The molecular formula is C10H17N3OS. The van der Waals surface area contributed by atoms with Crippen molar-refractivity contribution in [2.45, 2.75) is 25.3 Å². The molecule has 1 aromatic heterocycles. The molecule has 0 radical (unpaired) electrons. The summed E-state index contributed by atoms with van der Waals surface area (Å²) in [4.78, 5) is 6.77. The van der Waals surface area contributed by atoms with Gasteiger partial charge in [-0.3, -0.25) is 0 Å². The molecule has 0 spiro atoms. The fraction of sp³-hybridized carbons (Fsp3) is 0.700. The summed E-state index contributed by atoms with van der Waals surface area (Å²) in [5, 5.41) is 11.9. The van der Waals surface area contributed by atoms with Crippen molar-refractivity contribution in [1.29, 1.82) is 0 Å². The molecule has 3 N–H and O–H groups in total. The highest BCUT2D eigenvalue weighted by atomic mass is 32.1. The maximum absolute atomic E-state index is 8.93. The number of nitrogens with two attached hydrogens (primary N) is 1. The molecule has 1 fully saturated rings. The van der Waals surface area contributed by atoms with E-state index in [0.717, 1.165) is 23.9 Å². The maximum Gasteiger partial charge on any atom is 0.185 e. The normalized spacial score (nSPS) is 19.2. The molecule has 1 unspecified atom stereocenters. The standard InChI is InChI=1S/C10H17N3OS/c11-8(6-14)9-7-15-10(12-9)13-4-2-1-3-5-13/h7-8,14H,1-6,11H2. The lowest BCUT2D eigenvalue weighted by Gasteiger charge is -2.25. The Hall–Kier alpha value is -0.650. The Morgan fingerprint density at radius 2 is 2.20 bits per heavy atom. The predicted molar refractivity (Wildman–Crippen MR) is 62.2 cm³/mol. The van der Waals surface area contributed by atoms with Crippen LogP contribution in [0.3, 0.4) is 0 Å². The molecule has 84 valence electrons. The van der Waals surface area contributed by atoms with Crippen molar-refractivity contribution < 1.29 is 5.11 Å². The minimum absolute atomic E-state index is 0.0385. The summed E-state index contributed by atoms with van der Waals surface area (Å²) in [5.74, 6) is 0. The van der Waals surface area contributed by atoms with Crippen LogP contribution in [0.4, 0.5) is 5.13 Å². The lowest BCUT2D eigenvalue weighted by molar-refractivity contribution is 0.266. The van der Waals surface area contributed by atoms with E-state index < -0.39 is 0 Å². The van der Waals surface area contributed by atoms with Gasteiger partial charge in [-0.2, -0.15) is 0 Å². The third-order valence-corrected chi connectivity index (χ3v) is 3.63. The molecule has 0 aromatic carbocycles. The Morgan fingerprint density at radius 3 is 2.87 bits per heavy atom. The fourth-order valence-corrected chi connectivity index (χ4v) is 2.71. The predicted octanol–water partition coefficient (Wildman–Crippen LogP) is 1.13. The van der Waals surface area contributed by atoms with Gasteiger partial charge >= 0.3 is 0 Å². The van der Waals surface area contributed by atoms with Gasteiger partial charge in [-0.1, -0.05) is 0 Å². The average molecular weight is 227 g/mol. The summed E-state index contributed by atoms with van der Waals surface area (Å²) < 4.78 is 0. The molecule has 1 aromatic rings. The van der Waals surface area contributed by atoms with Crippen molar-refractivity contribution in [3.05, 3.63) is 11.1 Å². The highest BCUT2D eigenvalue weighted by Gasteiger charge is 2.16.